The van der Waals surface area contributed by atoms with Gasteiger partial charge in [-0.05, 0) is 68.1 Å². The quantitative estimate of drug-likeness (QED) is 0.492. The molecular formula is C28H29ClN6O2. The molecule has 5 rings (SSSR count). The van der Waals surface area contributed by atoms with E-state index in [1.165, 1.54) is 0 Å². The first-order valence-corrected chi connectivity index (χ1v) is 12.7. The highest BCUT2D eigenvalue weighted by Crippen LogP contribution is 2.42. The second-order valence-corrected chi connectivity index (χ2v) is 10.3. The largest absolute Gasteiger partial charge is 0.381 e. The number of nitrogens with one attached hydrogen (secondary N) is 1. The molecule has 37 heavy (non-hydrogen) atoms. The molecule has 2 aliphatic heterocycles. The topological polar surface area (TPSA) is 90.8 Å². The van der Waals surface area contributed by atoms with E-state index in [-0.39, 0.29) is 17.9 Å². The first-order chi connectivity index (χ1) is 17.8. The lowest BCUT2D eigenvalue weighted by molar-refractivity contribution is 0.0712. The van der Waals surface area contributed by atoms with Crippen molar-refractivity contribution in [3.8, 4) is 0 Å². The lowest BCUT2D eigenvalue weighted by Gasteiger charge is -2.34. The van der Waals surface area contributed by atoms with Crippen LogP contribution in [0.4, 0.5) is 11.4 Å². The average molecular weight is 517 g/mol. The van der Waals surface area contributed by atoms with Crippen molar-refractivity contribution in [2.24, 2.45) is 4.99 Å². The molecule has 0 bridgehead atoms. The molecule has 0 saturated carbocycles. The molecule has 0 unspecified atom stereocenters. The van der Waals surface area contributed by atoms with E-state index in [1.54, 1.807) is 53.8 Å². The van der Waals surface area contributed by atoms with Gasteiger partial charge in [-0.25, -0.2) is 4.98 Å². The molecule has 0 spiro atoms. The highest BCUT2D eigenvalue weighted by Gasteiger charge is 2.44. The predicted octanol–water partition coefficient (Wildman–Crippen LogP) is 4.79. The number of aliphatic imine (C=N–C) groups is 1. The van der Waals surface area contributed by atoms with E-state index < -0.39 is 5.54 Å². The minimum Gasteiger partial charge on any atom is -0.381 e. The van der Waals surface area contributed by atoms with E-state index in [1.807, 2.05) is 38.1 Å². The average Bonchev–Trinajstić information content (AvgIpc) is 3.09. The van der Waals surface area contributed by atoms with Crippen molar-refractivity contribution in [1.82, 2.24) is 14.9 Å². The van der Waals surface area contributed by atoms with Gasteiger partial charge in [-0.1, -0.05) is 17.7 Å². The van der Waals surface area contributed by atoms with Crippen LogP contribution in [0.5, 0.6) is 0 Å². The van der Waals surface area contributed by atoms with Gasteiger partial charge in [0.1, 0.15) is 5.69 Å². The van der Waals surface area contributed by atoms with Gasteiger partial charge in [-0.15, -0.1) is 0 Å². The number of rotatable bonds is 5. The summed E-state index contributed by atoms with van der Waals surface area (Å²) in [6.45, 7) is 5.30. The van der Waals surface area contributed by atoms with Crippen LogP contribution in [0.3, 0.4) is 0 Å². The molecule has 3 aromatic rings. The Bertz CT molecular complexity index is 1380. The summed E-state index contributed by atoms with van der Waals surface area (Å²) in [6, 6.07) is 11.4. The zero-order valence-corrected chi connectivity index (χ0v) is 21.9. The van der Waals surface area contributed by atoms with Crippen LogP contribution in [0, 0.1) is 0 Å². The number of carbonyl (C=O) groups is 2. The highest BCUT2D eigenvalue weighted by molar-refractivity contribution is 6.33. The van der Waals surface area contributed by atoms with E-state index in [0.29, 0.717) is 29.4 Å². The third kappa shape index (κ3) is 4.69. The van der Waals surface area contributed by atoms with Crippen LogP contribution >= 0.6 is 11.6 Å². The number of likely N-dealkylation sites (tertiary alicyclic amines) is 1. The van der Waals surface area contributed by atoms with Gasteiger partial charge in [0.15, 0.2) is 0 Å². The van der Waals surface area contributed by atoms with Crippen molar-refractivity contribution in [3.63, 3.8) is 0 Å². The number of hydrogen-bond acceptors (Lipinski definition) is 6. The Balaban J connectivity index is 1.28. The van der Waals surface area contributed by atoms with Gasteiger partial charge >= 0.3 is 0 Å². The minimum atomic E-state index is -0.539. The second-order valence-electron chi connectivity index (χ2n) is 9.87. The third-order valence-corrected chi connectivity index (χ3v) is 7.37. The monoisotopic (exact) mass is 516 g/mol. The standard InChI is InChI=1S/C28H29ClN6O2/c1-28(2)23-13-18(15-30-3)6-7-22(23)26(36)35(28)21-14-20(16-31-17-21)33-19-8-11-34(12-9-19)27(37)25-24(29)5-4-10-32-25/h4-7,10,13-17,19,33H,8-9,11-12H2,1-3H3/b30-15+. The highest BCUT2D eigenvalue weighted by atomic mass is 35.5. The Kier molecular flexibility index (Phi) is 6.69. The molecule has 1 fully saturated rings. The Labute approximate surface area is 221 Å². The maximum atomic E-state index is 13.4. The molecule has 1 saturated heterocycles. The molecule has 1 N–H and O–H groups in total. The van der Waals surface area contributed by atoms with Crippen molar-refractivity contribution in [2.75, 3.05) is 30.4 Å². The summed E-state index contributed by atoms with van der Waals surface area (Å²) in [4.78, 5) is 42.5. The number of pyridine rings is 2. The summed E-state index contributed by atoms with van der Waals surface area (Å²) in [5, 5.41) is 3.91. The van der Waals surface area contributed by atoms with Gasteiger partial charge in [0, 0.05) is 44.2 Å². The number of piperidine rings is 1. The minimum absolute atomic E-state index is 0.0426. The van der Waals surface area contributed by atoms with Crippen molar-refractivity contribution in [3.05, 3.63) is 82.4 Å². The van der Waals surface area contributed by atoms with Gasteiger partial charge < -0.3 is 10.2 Å². The lowest BCUT2D eigenvalue weighted by atomic mass is 9.92. The van der Waals surface area contributed by atoms with Crippen molar-refractivity contribution >= 4 is 41.0 Å². The van der Waals surface area contributed by atoms with E-state index in [4.69, 9.17) is 11.6 Å². The molecular weight excluding hydrogens is 488 g/mol. The van der Waals surface area contributed by atoms with Crippen molar-refractivity contribution in [1.29, 1.82) is 0 Å². The summed E-state index contributed by atoms with van der Waals surface area (Å²) in [7, 11) is 1.73. The van der Waals surface area contributed by atoms with Crippen LogP contribution in [0.15, 0.2) is 60.0 Å². The number of benzene rings is 1. The Hall–Kier alpha value is -3.78. The van der Waals surface area contributed by atoms with Crippen LogP contribution in [0.2, 0.25) is 5.02 Å². The third-order valence-electron chi connectivity index (χ3n) is 7.07. The van der Waals surface area contributed by atoms with Gasteiger partial charge in [0.2, 0.25) is 0 Å². The van der Waals surface area contributed by atoms with E-state index in [0.717, 1.165) is 35.3 Å². The number of nitrogens with zero attached hydrogens (tertiary/aromatic N) is 5. The summed E-state index contributed by atoms with van der Waals surface area (Å²) in [6.07, 6.45) is 8.42. The summed E-state index contributed by atoms with van der Waals surface area (Å²) < 4.78 is 0. The smallest absolute Gasteiger partial charge is 0.273 e. The number of amides is 2. The molecule has 0 atom stereocenters. The van der Waals surface area contributed by atoms with Gasteiger partial charge in [-0.2, -0.15) is 0 Å². The molecule has 2 aromatic heterocycles. The van der Waals surface area contributed by atoms with Gasteiger partial charge in [-0.3, -0.25) is 24.5 Å². The van der Waals surface area contributed by atoms with E-state index >= 15 is 0 Å². The number of aromatic nitrogens is 2. The fourth-order valence-electron chi connectivity index (χ4n) is 5.20. The van der Waals surface area contributed by atoms with Crippen LogP contribution in [-0.2, 0) is 5.54 Å². The molecule has 2 amide bonds. The second kappa shape index (κ2) is 9.94. The molecule has 9 heteroatoms. The number of carbonyl (C=O) groups excluding carboxylic acids is 2. The van der Waals surface area contributed by atoms with Crippen molar-refractivity contribution in [2.45, 2.75) is 38.3 Å². The number of hydrogen-bond donors (Lipinski definition) is 1. The molecule has 2 aliphatic rings. The molecule has 8 nitrogen and oxygen atoms in total. The van der Waals surface area contributed by atoms with Crippen molar-refractivity contribution < 1.29 is 9.59 Å². The molecule has 4 heterocycles. The number of fused-ring (bicyclic) bond motifs is 1. The summed E-state index contributed by atoms with van der Waals surface area (Å²) >= 11 is 6.16. The van der Waals surface area contributed by atoms with Gasteiger partial charge in [0.05, 0.1) is 34.3 Å². The Morgan fingerprint density at radius 2 is 1.97 bits per heavy atom. The fourth-order valence-corrected chi connectivity index (χ4v) is 5.41. The molecule has 190 valence electrons. The van der Waals surface area contributed by atoms with Gasteiger partial charge in [0.25, 0.3) is 11.8 Å². The normalized spacial score (nSPS) is 17.4. The van der Waals surface area contributed by atoms with Crippen LogP contribution in [0.1, 0.15) is 58.7 Å². The Morgan fingerprint density at radius 1 is 1.19 bits per heavy atom. The summed E-state index contributed by atoms with van der Waals surface area (Å²) in [5.41, 5.74) is 3.96. The van der Waals surface area contributed by atoms with E-state index in [9.17, 15) is 9.59 Å². The Morgan fingerprint density at radius 3 is 2.70 bits per heavy atom. The maximum absolute atomic E-state index is 13.4. The molecule has 1 aromatic carbocycles. The summed E-state index contributed by atoms with van der Waals surface area (Å²) in [5.74, 6) is -0.186. The number of anilines is 2. The first kappa shape index (κ1) is 24.9. The van der Waals surface area contributed by atoms with Crippen LogP contribution in [-0.4, -0.2) is 59.1 Å². The van der Waals surface area contributed by atoms with E-state index in [2.05, 4.69) is 20.3 Å². The first-order valence-electron chi connectivity index (χ1n) is 12.3. The predicted molar refractivity (Wildman–Crippen MR) is 146 cm³/mol. The zero-order chi connectivity index (χ0) is 26.2. The SMILES string of the molecule is C/N=C/c1ccc2c(c1)C(C)(C)N(c1cncc(NC3CCN(C(=O)c4ncccc4Cl)CC3)c1)C2=O. The molecule has 0 aliphatic carbocycles. The fraction of sp³-hybridized carbons (Fsp3) is 0.321. The zero-order valence-electron chi connectivity index (χ0n) is 21.1. The van der Waals surface area contributed by atoms with Crippen LogP contribution < -0.4 is 10.2 Å². The van der Waals surface area contributed by atoms with Crippen LogP contribution in [0.25, 0.3) is 0 Å². The maximum Gasteiger partial charge on any atom is 0.273 e. The lowest BCUT2D eigenvalue weighted by Crippen LogP contribution is -2.42. The molecule has 0 radical (unpaired) electrons. The number of halogens is 1.